The van der Waals surface area contributed by atoms with Gasteiger partial charge in [-0.3, -0.25) is 10.1 Å². The van der Waals surface area contributed by atoms with Gasteiger partial charge in [-0.25, -0.2) is 0 Å². The van der Waals surface area contributed by atoms with Crippen LogP contribution in [0.15, 0.2) is 53.4 Å². The molecular formula is C17H16N6O2S. The largest absolute Gasteiger partial charge is 0.368 e. The van der Waals surface area contributed by atoms with Gasteiger partial charge in [-0.05, 0) is 31.2 Å². The van der Waals surface area contributed by atoms with Gasteiger partial charge in [-0.15, -0.1) is 11.8 Å². The maximum atomic E-state index is 10.7. The number of nitrogens with two attached hydrogens (primary N) is 1. The van der Waals surface area contributed by atoms with Crippen molar-refractivity contribution in [2.45, 2.75) is 17.6 Å². The number of aryl methyl sites for hydroxylation is 1. The van der Waals surface area contributed by atoms with Crippen LogP contribution in [0.4, 0.5) is 23.3 Å². The molecule has 0 aliphatic heterocycles. The van der Waals surface area contributed by atoms with Gasteiger partial charge in [0.15, 0.2) is 0 Å². The number of thioether (sulfide) groups is 1. The molecule has 3 rings (SSSR count). The van der Waals surface area contributed by atoms with Crippen LogP contribution in [0, 0.1) is 17.0 Å². The van der Waals surface area contributed by atoms with E-state index in [1.54, 1.807) is 12.1 Å². The summed E-state index contributed by atoms with van der Waals surface area (Å²) < 4.78 is 0. The smallest absolute Gasteiger partial charge is 0.269 e. The average Bonchev–Trinajstić information content (AvgIpc) is 2.62. The minimum Gasteiger partial charge on any atom is -0.368 e. The Hall–Kier alpha value is -3.20. The average molecular weight is 368 g/mol. The number of anilines is 3. The fourth-order valence-electron chi connectivity index (χ4n) is 2.14. The summed E-state index contributed by atoms with van der Waals surface area (Å²) in [5, 5.41) is 13.8. The van der Waals surface area contributed by atoms with Crippen molar-refractivity contribution in [1.29, 1.82) is 0 Å². The molecule has 0 amide bonds. The summed E-state index contributed by atoms with van der Waals surface area (Å²) in [5.41, 5.74) is 7.85. The Bertz CT molecular complexity index is 916. The standard InChI is InChI=1S/C17H16N6O2S/c1-11-2-4-12(5-3-11)19-17-21-15(20-16(18)22-17)10-26-14-8-6-13(7-9-14)23(24)25/h2-9H,10H2,1H3,(H3,18,19,20,21,22). The summed E-state index contributed by atoms with van der Waals surface area (Å²) >= 11 is 1.46. The van der Waals surface area contributed by atoms with Gasteiger partial charge in [0.05, 0.1) is 10.7 Å². The zero-order valence-electron chi connectivity index (χ0n) is 13.9. The summed E-state index contributed by atoms with van der Waals surface area (Å²) in [6, 6.07) is 14.2. The number of nitrogen functional groups attached to an aromatic ring is 1. The highest BCUT2D eigenvalue weighted by Crippen LogP contribution is 2.24. The number of non-ortho nitro benzene ring substituents is 1. The van der Waals surface area contributed by atoms with Gasteiger partial charge in [0.1, 0.15) is 5.82 Å². The number of hydrogen-bond donors (Lipinski definition) is 2. The van der Waals surface area contributed by atoms with E-state index >= 15 is 0 Å². The monoisotopic (exact) mass is 368 g/mol. The van der Waals surface area contributed by atoms with Crippen molar-refractivity contribution >= 4 is 35.0 Å². The minimum absolute atomic E-state index is 0.0586. The van der Waals surface area contributed by atoms with Gasteiger partial charge in [-0.1, -0.05) is 17.7 Å². The lowest BCUT2D eigenvalue weighted by atomic mass is 10.2. The first-order valence-corrected chi connectivity index (χ1v) is 8.69. The number of aromatic nitrogens is 3. The number of nitro benzene ring substituents is 1. The molecule has 132 valence electrons. The third kappa shape index (κ3) is 4.67. The van der Waals surface area contributed by atoms with E-state index in [2.05, 4.69) is 20.3 Å². The molecule has 1 heterocycles. The fourth-order valence-corrected chi connectivity index (χ4v) is 2.89. The topological polar surface area (TPSA) is 120 Å². The van der Waals surface area contributed by atoms with Crippen LogP contribution in [0.5, 0.6) is 0 Å². The van der Waals surface area contributed by atoms with Crippen molar-refractivity contribution in [3.63, 3.8) is 0 Å². The van der Waals surface area contributed by atoms with Crippen molar-refractivity contribution in [2.75, 3.05) is 11.1 Å². The summed E-state index contributed by atoms with van der Waals surface area (Å²) in [6.45, 7) is 2.01. The molecule has 0 aliphatic carbocycles. The van der Waals surface area contributed by atoms with Crippen molar-refractivity contribution in [3.05, 3.63) is 70.0 Å². The van der Waals surface area contributed by atoms with E-state index in [-0.39, 0.29) is 11.6 Å². The maximum Gasteiger partial charge on any atom is 0.269 e. The zero-order valence-corrected chi connectivity index (χ0v) is 14.7. The van der Waals surface area contributed by atoms with E-state index in [0.29, 0.717) is 17.5 Å². The second-order valence-corrected chi connectivity index (χ2v) is 6.51. The van der Waals surface area contributed by atoms with E-state index in [0.717, 1.165) is 16.1 Å². The van der Waals surface area contributed by atoms with Gasteiger partial charge in [0.2, 0.25) is 11.9 Å². The van der Waals surface area contributed by atoms with E-state index < -0.39 is 4.92 Å². The number of hydrogen-bond acceptors (Lipinski definition) is 8. The number of nitrogens with zero attached hydrogens (tertiary/aromatic N) is 4. The Morgan fingerprint density at radius 1 is 1.08 bits per heavy atom. The van der Waals surface area contributed by atoms with E-state index in [1.165, 1.54) is 23.9 Å². The van der Waals surface area contributed by atoms with Gasteiger partial charge in [0, 0.05) is 22.7 Å². The first-order chi connectivity index (χ1) is 12.5. The second-order valence-electron chi connectivity index (χ2n) is 5.46. The third-order valence-electron chi connectivity index (χ3n) is 3.42. The van der Waals surface area contributed by atoms with Crippen molar-refractivity contribution in [1.82, 2.24) is 15.0 Å². The molecule has 3 aromatic rings. The molecule has 8 nitrogen and oxygen atoms in total. The lowest BCUT2D eigenvalue weighted by Gasteiger charge is -2.07. The van der Waals surface area contributed by atoms with Gasteiger partial charge < -0.3 is 11.1 Å². The first-order valence-electron chi connectivity index (χ1n) is 7.71. The summed E-state index contributed by atoms with van der Waals surface area (Å²) in [5.74, 6) is 1.50. The molecule has 0 fully saturated rings. The minimum atomic E-state index is -0.426. The molecular weight excluding hydrogens is 352 g/mol. The Morgan fingerprint density at radius 2 is 1.77 bits per heavy atom. The van der Waals surface area contributed by atoms with Crippen molar-refractivity contribution < 1.29 is 4.92 Å². The van der Waals surface area contributed by atoms with Crippen LogP contribution in [0.2, 0.25) is 0 Å². The summed E-state index contributed by atoms with van der Waals surface area (Å²) in [6.07, 6.45) is 0. The normalized spacial score (nSPS) is 10.5. The Labute approximate surface area is 154 Å². The number of benzene rings is 2. The number of rotatable bonds is 6. The zero-order chi connectivity index (χ0) is 18.5. The number of nitro groups is 1. The molecule has 0 radical (unpaired) electrons. The Balaban J connectivity index is 1.69. The molecule has 0 saturated carbocycles. The summed E-state index contributed by atoms with van der Waals surface area (Å²) in [7, 11) is 0. The summed E-state index contributed by atoms with van der Waals surface area (Å²) in [4.78, 5) is 23.7. The quantitative estimate of drug-likeness (QED) is 0.384. The highest BCUT2D eigenvalue weighted by molar-refractivity contribution is 7.98. The molecule has 0 spiro atoms. The first kappa shape index (κ1) is 17.6. The molecule has 0 bridgehead atoms. The highest BCUT2D eigenvalue weighted by atomic mass is 32.2. The lowest BCUT2D eigenvalue weighted by Crippen LogP contribution is -2.06. The predicted octanol–water partition coefficient (Wildman–Crippen LogP) is 3.71. The van der Waals surface area contributed by atoms with Crippen molar-refractivity contribution in [2.24, 2.45) is 0 Å². The second kappa shape index (κ2) is 7.79. The van der Waals surface area contributed by atoms with Gasteiger partial charge in [0.25, 0.3) is 5.69 Å². The predicted molar refractivity (Wildman–Crippen MR) is 101 cm³/mol. The van der Waals surface area contributed by atoms with Gasteiger partial charge >= 0.3 is 0 Å². The van der Waals surface area contributed by atoms with Gasteiger partial charge in [-0.2, -0.15) is 15.0 Å². The number of nitrogens with one attached hydrogen (secondary N) is 1. The lowest BCUT2D eigenvalue weighted by molar-refractivity contribution is -0.384. The van der Waals surface area contributed by atoms with E-state index in [4.69, 9.17) is 5.73 Å². The molecule has 26 heavy (non-hydrogen) atoms. The SMILES string of the molecule is Cc1ccc(Nc2nc(N)nc(CSc3ccc([N+](=O)[O-])cc3)n2)cc1. The maximum absolute atomic E-state index is 10.7. The molecule has 0 aliphatic rings. The molecule has 3 N–H and O–H groups in total. The molecule has 9 heteroatoms. The van der Waals surface area contributed by atoms with Crippen LogP contribution in [-0.4, -0.2) is 19.9 Å². The van der Waals surface area contributed by atoms with Crippen molar-refractivity contribution in [3.8, 4) is 0 Å². The Morgan fingerprint density at radius 3 is 2.42 bits per heavy atom. The van der Waals surface area contributed by atoms with Crippen LogP contribution in [-0.2, 0) is 5.75 Å². The molecule has 0 unspecified atom stereocenters. The van der Waals surface area contributed by atoms with Crippen LogP contribution < -0.4 is 11.1 Å². The van der Waals surface area contributed by atoms with Crippen LogP contribution in [0.3, 0.4) is 0 Å². The molecule has 2 aromatic carbocycles. The highest BCUT2D eigenvalue weighted by Gasteiger charge is 2.08. The molecule has 0 atom stereocenters. The fraction of sp³-hybridized carbons (Fsp3) is 0.118. The van der Waals surface area contributed by atoms with E-state index in [9.17, 15) is 10.1 Å². The van der Waals surface area contributed by atoms with Crippen LogP contribution in [0.1, 0.15) is 11.4 Å². The third-order valence-corrected chi connectivity index (χ3v) is 4.43. The molecule has 1 aromatic heterocycles. The molecule has 0 saturated heterocycles. The van der Waals surface area contributed by atoms with Crippen LogP contribution >= 0.6 is 11.8 Å². The van der Waals surface area contributed by atoms with E-state index in [1.807, 2.05) is 31.2 Å². The van der Waals surface area contributed by atoms with Crippen LogP contribution in [0.25, 0.3) is 0 Å². The Kier molecular flexibility index (Phi) is 5.28.